The fourth-order valence-electron chi connectivity index (χ4n) is 2.25. The minimum absolute atomic E-state index is 0.0215. The molecule has 1 amide bonds. The lowest BCUT2D eigenvalue weighted by Gasteiger charge is -2.14. The van der Waals surface area contributed by atoms with Crippen LogP contribution < -0.4 is 5.32 Å². The third-order valence-electron chi connectivity index (χ3n) is 3.52. The largest absolute Gasteiger partial charge is 0.452 e. The summed E-state index contributed by atoms with van der Waals surface area (Å²) in [7, 11) is 0. The summed E-state index contributed by atoms with van der Waals surface area (Å²) < 4.78 is 33.7. The molecule has 0 aliphatic rings. The second-order valence-electron chi connectivity index (χ2n) is 5.62. The molecule has 0 saturated heterocycles. The highest BCUT2D eigenvalue weighted by atomic mass is 19.1. The molecule has 0 saturated carbocycles. The second-order valence-corrected chi connectivity index (χ2v) is 5.62. The van der Waals surface area contributed by atoms with E-state index < -0.39 is 35.3 Å². The van der Waals surface area contributed by atoms with Gasteiger partial charge in [0.1, 0.15) is 17.3 Å². The Bertz CT molecular complexity index is 769. The van der Waals surface area contributed by atoms with Gasteiger partial charge < -0.3 is 10.1 Å². The topological polar surface area (TPSA) is 73.2 Å². The van der Waals surface area contributed by atoms with E-state index in [0.717, 1.165) is 23.5 Å². The molecule has 8 heteroatoms. The van der Waals surface area contributed by atoms with E-state index in [1.54, 1.807) is 4.68 Å². The highest BCUT2D eigenvalue weighted by molar-refractivity contribution is 5.95. The lowest BCUT2D eigenvalue weighted by molar-refractivity contribution is -0.153. The van der Waals surface area contributed by atoms with Crippen LogP contribution in [0.3, 0.4) is 0 Å². The number of anilines is 1. The maximum Gasteiger partial charge on any atom is 0.308 e. The summed E-state index contributed by atoms with van der Waals surface area (Å²) in [6.45, 7) is 5.35. The minimum Gasteiger partial charge on any atom is -0.452 e. The highest BCUT2D eigenvalue weighted by Crippen LogP contribution is 2.18. The third-order valence-corrected chi connectivity index (χ3v) is 3.52. The number of amides is 1. The lowest BCUT2D eigenvalue weighted by atomic mass is 10.2. The molecule has 1 heterocycles. The van der Waals surface area contributed by atoms with Crippen LogP contribution >= 0.6 is 0 Å². The molecule has 25 heavy (non-hydrogen) atoms. The summed E-state index contributed by atoms with van der Waals surface area (Å²) in [6, 6.07) is 5.10. The summed E-state index contributed by atoms with van der Waals surface area (Å²) in [5, 5.41) is 6.30. The van der Waals surface area contributed by atoms with Gasteiger partial charge in [0, 0.05) is 5.69 Å². The van der Waals surface area contributed by atoms with Gasteiger partial charge in [0.25, 0.3) is 5.91 Å². The zero-order valence-electron chi connectivity index (χ0n) is 14.2. The number of nitrogens with one attached hydrogen (secondary N) is 1. The maximum atomic E-state index is 13.5. The van der Waals surface area contributed by atoms with Crippen LogP contribution in [0.2, 0.25) is 0 Å². The molecule has 0 radical (unpaired) electrons. The highest BCUT2D eigenvalue weighted by Gasteiger charge is 2.20. The Morgan fingerprint density at radius 3 is 2.48 bits per heavy atom. The number of esters is 1. The number of benzene rings is 1. The fourth-order valence-corrected chi connectivity index (χ4v) is 2.25. The number of ether oxygens (including phenoxy) is 1. The monoisotopic (exact) mass is 351 g/mol. The first-order valence-corrected chi connectivity index (χ1v) is 7.73. The molecule has 0 aliphatic heterocycles. The normalized spacial score (nSPS) is 11.9. The molecular formula is C17H19F2N3O3. The number of halogens is 2. The maximum absolute atomic E-state index is 13.5. The Hall–Kier alpha value is -2.77. The Balaban J connectivity index is 1.88. The van der Waals surface area contributed by atoms with E-state index in [1.807, 2.05) is 19.9 Å². The predicted octanol–water partition coefficient (Wildman–Crippen LogP) is 2.74. The van der Waals surface area contributed by atoms with Crippen molar-refractivity contribution in [1.29, 1.82) is 0 Å². The van der Waals surface area contributed by atoms with Gasteiger partial charge in [-0.25, -0.2) is 8.78 Å². The van der Waals surface area contributed by atoms with Gasteiger partial charge in [-0.05, 0) is 39.0 Å². The van der Waals surface area contributed by atoms with Crippen LogP contribution in [0, 0.1) is 25.5 Å². The molecule has 0 aliphatic carbocycles. The van der Waals surface area contributed by atoms with Crippen LogP contribution in [0.15, 0.2) is 24.3 Å². The van der Waals surface area contributed by atoms with Gasteiger partial charge in [0.15, 0.2) is 6.10 Å². The standard InChI is InChI=1S/C17H19F2N3O3/c1-10-9-11(2)22(21-10)8-7-15(23)25-12(3)17(24)20-16-13(18)5-4-6-14(16)19/h4-6,9,12H,7-8H2,1-3H3,(H,20,24). The average Bonchev–Trinajstić information content (AvgIpc) is 2.86. The molecule has 2 aromatic rings. The molecule has 1 aromatic carbocycles. The van der Waals surface area contributed by atoms with E-state index in [9.17, 15) is 18.4 Å². The van der Waals surface area contributed by atoms with Gasteiger partial charge in [-0.1, -0.05) is 6.07 Å². The van der Waals surface area contributed by atoms with E-state index in [1.165, 1.54) is 13.0 Å². The number of carbonyl (C=O) groups excluding carboxylic acids is 2. The van der Waals surface area contributed by atoms with Crippen molar-refractivity contribution in [3.8, 4) is 0 Å². The first-order chi connectivity index (χ1) is 11.8. The number of hydrogen-bond donors (Lipinski definition) is 1. The van der Waals surface area contributed by atoms with Gasteiger partial charge in [0.2, 0.25) is 0 Å². The first kappa shape index (κ1) is 18.6. The predicted molar refractivity (Wildman–Crippen MR) is 86.9 cm³/mol. The van der Waals surface area contributed by atoms with Crippen LogP contribution in [0.4, 0.5) is 14.5 Å². The van der Waals surface area contributed by atoms with Gasteiger partial charge in [-0.3, -0.25) is 14.3 Å². The van der Waals surface area contributed by atoms with E-state index in [0.29, 0.717) is 6.54 Å². The number of para-hydroxylation sites is 1. The number of nitrogens with zero attached hydrogens (tertiary/aromatic N) is 2. The SMILES string of the molecule is Cc1cc(C)n(CCC(=O)OC(C)C(=O)Nc2c(F)cccc2F)n1. The Labute approximate surface area is 143 Å². The molecule has 1 atom stereocenters. The van der Waals surface area contributed by atoms with Crippen LogP contribution in [0.25, 0.3) is 0 Å². The van der Waals surface area contributed by atoms with Crippen molar-refractivity contribution in [2.75, 3.05) is 5.32 Å². The molecule has 0 fully saturated rings. The van der Waals surface area contributed by atoms with Gasteiger partial charge in [0.05, 0.1) is 18.7 Å². The van der Waals surface area contributed by atoms with Crippen LogP contribution in [-0.2, 0) is 20.9 Å². The lowest BCUT2D eigenvalue weighted by Crippen LogP contribution is -2.31. The smallest absolute Gasteiger partial charge is 0.308 e. The Morgan fingerprint density at radius 1 is 1.28 bits per heavy atom. The zero-order chi connectivity index (χ0) is 18.6. The van der Waals surface area contributed by atoms with E-state index in [2.05, 4.69) is 10.4 Å². The summed E-state index contributed by atoms with van der Waals surface area (Å²) >= 11 is 0. The molecular weight excluding hydrogens is 332 g/mol. The number of aryl methyl sites for hydroxylation is 3. The third kappa shape index (κ3) is 4.85. The molecule has 2 rings (SSSR count). The zero-order valence-corrected chi connectivity index (χ0v) is 14.2. The van der Waals surface area contributed by atoms with E-state index in [4.69, 9.17) is 4.74 Å². The number of hydrogen-bond acceptors (Lipinski definition) is 4. The van der Waals surface area contributed by atoms with Crippen molar-refractivity contribution in [2.45, 2.75) is 39.8 Å². The molecule has 6 nitrogen and oxygen atoms in total. The molecule has 134 valence electrons. The fraction of sp³-hybridized carbons (Fsp3) is 0.353. The van der Waals surface area contributed by atoms with Crippen molar-refractivity contribution in [3.05, 3.63) is 47.3 Å². The van der Waals surface area contributed by atoms with Crippen LogP contribution in [-0.4, -0.2) is 27.8 Å². The summed E-state index contributed by atoms with van der Waals surface area (Å²) in [5.41, 5.74) is 1.18. The van der Waals surface area contributed by atoms with Gasteiger partial charge >= 0.3 is 5.97 Å². The van der Waals surface area contributed by atoms with Crippen molar-refractivity contribution in [3.63, 3.8) is 0 Å². The molecule has 1 aromatic heterocycles. The van der Waals surface area contributed by atoms with Crippen LogP contribution in [0.1, 0.15) is 24.7 Å². The summed E-state index contributed by atoms with van der Waals surface area (Å²) in [6.07, 6.45) is -1.17. The first-order valence-electron chi connectivity index (χ1n) is 7.73. The number of aromatic nitrogens is 2. The van der Waals surface area contributed by atoms with E-state index >= 15 is 0 Å². The quantitative estimate of drug-likeness (QED) is 0.812. The molecule has 1 unspecified atom stereocenters. The van der Waals surface area contributed by atoms with Crippen molar-refractivity contribution < 1.29 is 23.1 Å². The minimum atomic E-state index is -1.19. The molecule has 0 bridgehead atoms. The second kappa shape index (κ2) is 7.87. The van der Waals surface area contributed by atoms with Gasteiger partial charge in [-0.15, -0.1) is 0 Å². The van der Waals surface area contributed by atoms with Crippen LogP contribution in [0.5, 0.6) is 0 Å². The average molecular weight is 351 g/mol. The van der Waals surface area contributed by atoms with Crippen molar-refractivity contribution >= 4 is 17.6 Å². The number of carbonyl (C=O) groups is 2. The van der Waals surface area contributed by atoms with Gasteiger partial charge in [-0.2, -0.15) is 5.10 Å². The summed E-state index contributed by atoms with van der Waals surface area (Å²) in [5.74, 6) is -3.24. The molecule has 1 N–H and O–H groups in total. The van der Waals surface area contributed by atoms with Crippen molar-refractivity contribution in [2.24, 2.45) is 0 Å². The number of rotatable bonds is 6. The Kier molecular flexibility index (Phi) is 5.84. The van der Waals surface area contributed by atoms with Crippen molar-refractivity contribution in [1.82, 2.24) is 9.78 Å². The summed E-state index contributed by atoms with van der Waals surface area (Å²) in [4.78, 5) is 23.8. The Morgan fingerprint density at radius 2 is 1.92 bits per heavy atom. The molecule has 0 spiro atoms. The van der Waals surface area contributed by atoms with E-state index in [-0.39, 0.29) is 6.42 Å².